The third-order valence-electron chi connectivity index (χ3n) is 3.65. The lowest BCUT2D eigenvalue weighted by Gasteiger charge is -2.15. The van der Waals surface area contributed by atoms with Crippen LogP contribution in [-0.4, -0.2) is 17.6 Å². The van der Waals surface area contributed by atoms with Gasteiger partial charge in [0.25, 0.3) is 5.91 Å². The van der Waals surface area contributed by atoms with Crippen LogP contribution in [0.15, 0.2) is 18.2 Å². The quantitative estimate of drug-likeness (QED) is 0.552. The molecule has 1 aromatic rings. The van der Waals surface area contributed by atoms with Crippen molar-refractivity contribution in [2.75, 3.05) is 12.3 Å². The number of nitrogens with two attached hydrogens (primary N) is 1. The highest BCUT2D eigenvalue weighted by Crippen LogP contribution is 2.48. The first kappa shape index (κ1) is 12.7. The predicted molar refractivity (Wildman–Crippen MR) is 71.4 cm³/mol. The zero-order valence-electron chi connectivity index (χ0n) is 10.7. The third-order valence-corrected chi connectivity index (χ3v) is 3.65. The average molecular weight is 248 g/mol. The van der Waals surface area contributed by atoms with Crippen LogP contribution in [0.25, 0.3) is 0 Å². The van der Waals surface area contributed by atoms with Crippen molar-refractivity contribution < 1.29 is 9.90 Å². The highest BCUT2D eigenvalue weighted by atomic mass is 16.3. The molecule has 0 atom stereocenters. The van der Waals surface area contributed by atoms with Crippen molar-refractivity contribution in [2.24, 2.45) is 5.41 Å². The maximum absolute atomic E-state index is 11.9. The topological polar surface area (TPSA) is 75.4 Å². The van der Waals surface area contributed by atoms with Crippen LogP contribution in [0, 0.1) is 5.41 Å². The van der Waals surface area contributed by atoms with E-state index in [4.69, 9.17) is 5.73 Å². The minimum Gasteiger partial charge on any atom is -0.506 e. The molecule has 0 heterocycles. The van der Waals surface area contributed by atoms with Gasteiger partial charge in [0, 0.05) is 12.1 Å². The summed E-state index contributed by atoms with van der Waals surface area (Å²) in [5, 5.41) is 12.4. The number of nitrogens with one attached hydrogen (secondary N) is 1. The SMILES string of the molecule is CCCC1(CNC(=O)c2ccc(N)c(O)c2)CC1. The van der Waals surface area contributed by atoms with Gasteiger partial charge in [-0.05, 0) is 42.9 Å². The molecule has 2 rings (SSSR count). The van der Waals surface area contributed by atoms with Gasteiger partial charge in [-0.15, -0.1) is 0 Å². The molecule has 0 aromatic heterocycles. The number of phenols is 1. The number of hydrogen-bond acceptors (Lipinski definition) is 3. The summed E-state index contributed by atoms with van der Waals surface area (Å²) in [4.78, 5) is 11.9. The van der Waals surface area contributed by atoms with Crippen molar-refractivity contribution in [3.63, 3.8) is 0 Å². The van der Waals surface area contributed by atoms with E-state index in [2.05, 4.69) is 12.2 Å². The molecule has 4 N–H and O–H groups in total. The Hall–Kier alpha value is -1.71. The Morgan fingerprint density at radius 3 is 2.78 bits per heavy atom. The molecule has 1 aliphatic carbocycles. The molecule has 1 saturated carbocycles. The highest BCUT2D eigenvalue weighted by Gasteiger charge is 2.41. The Morgan fingerprint density at radius 2 is 2.22 bits per heavy atom. The lowest BCUT2D eigenvalue weighted by molar-refractivity contribution is 0.0943. The van der Waals surface area contributed by atoms with Crippen molar-refractivity contribution in [2.45, 2.75) is 32.6 Å². The smallest absolute Gasteiger partial charge is 0.251 e. The van der Waals surface area contributed by atoms with Crippen LogP contribution in [0.1, 0.15) is 43.0 Å². The Balaban J connectivity index is 1.93. The lowest BCUT2D eigenvalue weighted by atomic mass is 10.0. The first-order chi connectivity index (χ1) is 8.56. The Morgan fingerprint density at radius 1 is 1.50 bits per heavy atom. The molecule has 1 amide bonds. The van der Waals surface area contributed by atoms with E-state index in [-0.39, 0.29) is 17.3 Å². The largest absolute Gasteiger partial charge is 0.506 e. The van der Waals surface area contributed by atoms with E-state index < -0.39 is 0 Å². The number of anilines is 1. The van der Waals surface area contributed by atoms with Gasteiger partial charge < -0.3 is 16.2 Å². The van der Waals surface area contributed by atoms with Crippen LogP contribution in [0.3, 0.4) is 0 Å². The van der Waals surface area contributed by atoms with Gasteiger partial charge in [0.15, 0.2) is 0 Å². The van der Waals surface area contributed by atoms with Gasteiger partial charge in [0.2, 0.25) is 0 Å². The lowest BCUT2D eigenvalue weighted by Crippen LogP contribution is -2.30. The van der Waals surface area contributed by atoms with Crippen molar-refractivity contribution in [1.29, 1.82) is 0 Å². The van der Waals surface area contributed by atoms with Crippen LogP contribution < -0.4 is 11.1 Å². The summed E-state index contributed by atoms with van der Waals surface area (Å²) in [5.74, 6) is -0.190. The summed E-state index contributed by atoms with van der Waals surface area (Å²) < 4.78 is 0. The van der Waals surface area contributed by atoms with E-state index >= 15 is 0 Å². The Kier molecular flexibility index (Phi) is 3.45. The summed E-state index contributed by atoms with van der Waals surface area (Å²) in [5.41, 5.74) is 6.57. The summed E-state index contributed by atoms with van der Waals surface area (Å²) in [6.07, 6.45) is 4.72. The summed E-state index contributed by atoms with van der Waals surface area (Å²) in [6.45, 7) is 2.89. The minimum atomic E-state index is -0.146. The normalized spacial score (nSPS) is 16.3. The molecule has 4 heteroatoms. The maximum atomic E-state index is 11.9. The van der Waals surface area contributed by atoms with Gasteiger partial charge in [0.1, 0.15) is 5.75 Å². The molecule has 4 nitrogen and oxygen atoms in total. The molecule has 0 aliphatic heterocycles. The molecule has 0 bridgehead atoms. The van der Waals surface area contributed by atoms with Gasteiger partial charge in [-0.1, -0.05) is 13.3 Å². The second kappa shape index (κ2) is 4.88. The maximum Gasteiger partial charge on any atom is 0.251 e. The molecule has 18 heavy (non-hydrogen) atoms. The van der Waals surface area contributed by atoms with Crippen molar-refractivity contribution in [3.05, 3.63) is 23.8 Å². The third kappa shape index (κ3) is 2.75. The first-order valence-electron chi connectivity index (χ1n) is 6.43. The zero-order chi connectivity index (χ0) is 13.2. The van der Waals surface area contributed by atoms with Gasteiger partial charge in [-0.2, -0.15) is 0 Å². The number of carbonyl (C=O) groups is 1. The minimum absolute atomic E-state index is 0.0441. The van der Waals surface area contributed by atoms with Gasteiger partial charge >= 0.3 is 0 Å². The van der Waals surface area contributed by atoms with Crippen LogP contribution >= 0.6 is 0 Å². The van der Waals surface area contributed by atoms with E-state index in [0.717, 1.165) is 13.0 Å². The number of nitrogen functional groups attached to an aromatic ring is 1. The first-order valence-corrected chi connectivity index (χ1v) is 6.43. The molecule has 1 aliphatic rings. The van der Waals surface area contributed by atoms with E-state index in [0.29, 0.717) is 11.0 Å². The fraction of sp³-hybridized carbons (Fsp3) is 0.500. The number of carbonyl (C=O) groups excluding carboxylic acids is 1. The van der Waals surface area contributed by atoms with Gasteiger partial charge in [0.05, 0.1) is 5.69 Å². The van der Waals surface area contributed by atoms with Crippen LogP contribution in [0.2, 0.25) is 0 Å². The second-order valence-electron chi connectivity index (χ2n) is 5.21. The molecule has 1 fully saturated rings. The monoisotopic (exact) mass is 248 g/mol. The molecular formula is C14H20N2O2. The average Bonchev–Trinajstić information content (AvgIpc) is 3.11. The van der Waals surface area contributed by atoms with E-state index in [1.54, 1.807) is 12.1 Å². The van der Waals surface area contributed by atoms with Crippen molar-refractivity contribution in [1.82, 2.24) is 5.32 Å². The summed E-state index contributed by atoms with van der Waals surface area (Å²) in [7, 11) is 0. The molecule has 0 unspecified atom stereocenters. The molecule has 0 spiro atoms. The molecule has 0 radical (unpaired) electrons. The van der Waals surface area contributed by atoms with Crippen LogP contribution in [-0.2, 0) is 0 Å². The number of benzene rings is 1. The summed E-state index contributed by atoms with van der Waals surface area (Å²) in [6, 6.07) is 4.58. The molecule has 0 saturated heterocycles. The Bertz CT molecular complexity index is 453. The van der Waals surface area contributed by atoms with Gasteiger partial charge in [-0.3, -0.25) is 4.79 Å². The fourth-order valence-corrected chi connectivity index (χ4v) is 2.28. The van der Waals surface area contributed by atoms with E-state index in [9.17, 15) is 9.90 Å². The Labute approximate surface area is 107 Å². The fourth-order valence-electron chi connectivity index (χ4n) is 2.28. The summed E-state index contributed by atoms with van der Waals surface area (Å²) >= 11 is 0. The van der Waals surface area contributed by atoms with Gasteiger partial charge in [-0.25, -0.2) is 0 Å². The molecule has 98 valence electrons. The van der Waals surface area contributed by atoms with Crippen LogP contribution in [0.4, 0.5) is 5.69 Å². The van der Waals surface area contributed by atoms with Crippen LogP contribution in [0.5, 0.6) is 5.75 Å². The standard InChI is InChI=1S/C14H20N2O2/c1-2-5-14(6-7-14)9-16-13(18)10-3-4-11(15)12(17)8-10/h3-4,8,17H,2,5-7,9,15H2,1H3,(H,16,18). The number of hydrogen-bond donors (Lipinski definition) is 3. The van der Waals surface area contributed by atoms with Crippen molar-refractivity contribution >= 4 is 11.6 Å². The van der Waals surface area contributed by atoms with E-state index in [1.807, 2.05) is 0 Å². The number of phenolic OH excluding ortho intramolecular Hbond substituents is 1. The number of rotatable bonds is 5. The number of amides is 1. The zero-order valence-corrected chi connectivity index (χ0v) is 10.7. The number of aromatic hydroxyl groups is 1. The van der Waals surface area contributed by atoms with Crippen molar-refractivity contribution in [3.8, 4) is 5.75 Å². The second-order valence-corrected chi connectivity index (χ2v) is 5.21. The molecular weight excluding hydrogens is 228 g/mol. The molecule has 1 aromatic carbocycles. The predicted octanol–water partition coefficient (Wildman–Crippen LogP) is 2.28. The highest BCUT2D eigenvalue weighted by molar-refractivity contribution is 5.95. The van der Waals surface area contributed by atoms with E-state index in [1.165, 1.54) is 25.3 Å².